The number of benzene rings is 1. The van der Waals surface area contributed by atoms with Gasteiger partial charge in [-0.15, -0.1) is 0 Å². The van der Waals surface area contributed by atoms with Gasteiger partial charge in [0.25, 0.3) is 5.56 Å². The minimum absolute atomic E-state index is 0.0277. The van der Waals surface area contributed by atoms with E-state index in [0.29, 0.717) is 3.57 Å². The van der Waals surface area contributed by atoms with Crippen LogP contribution in [0.5, 0.6) is 0 Å². The molecule has 0 aliphatic heterocycles. The third-order valence-electron chi connectivity index (χ3n) is 3.14. The lowest BCUT2D eigenvalue weighted by Crippen LogP contribution is -2.16. The molecule has 1 fully saturated rings. The second-order valence-electron chi connectivity index (χ2n) is 4.69. The molecule has 0 bridgehead atoms. The van der Waals surface area contributed by atoms with Crippen molar-refractivity contribution in [2.75, 3.05) is 0 Å². The zero-order chi connectivity index (χ0) is 12.5. The molecule has 0 radical (unpaired) electrons. The maximum atomic E-state index is 11.9. The first kappa shape index (κ1) is 11.9. The molecule has 2 aromatic rings. The van der Waals surface area contributed by atoms with Crippen molar-refractivity contribution in [3.05, 3.63) is 50.1 Å². The number of hydrogen-bond donors (Lipinski definition) is 1. The van der Waals surface area contributed by atoms with Gasteiger partial charge in [0.05, 0.1) is 5.69 Å². The third kappa shape index (κ3) is 2.48. The van der Waals surface area contributed by atoms with E-state index < -0.39 is 0 Å². The van der Waals surface area contributed by atoms with E-state index in [9.17, 15) is 4.79 Å². The van der Waals surface area contributed by atoms with Crippen LogP contribution < -0.4 is 5.56 Å². The van der Waals surface area contributed by atoms with Crippen LogP contribution in [0.2, 0.25) is 0 Å². The van der Waals surface area contributed by atoms with Crippen LogP contribution in [0.1, 0.15) is 18.7 Å². The van der Waals surface area contributed by atoms with Crippen LogP contribution in [0.4, 0.5) is 0 Å². The first-order valence-corrected chi connectivity index (χ1v) is 7.16. The minimum Gasteiger partial charge on any atom is -0.310 e. The predicted molar refractivity (Wildman–Crippen MR) is 79.4 cm³/mol. The number of nitrogens with one attached hydrogen (secondary N) is 1. The molecule has 0 amide bonds. The summed E-state index contributed by atoms with van der Waals surface area (Å²) in [6.45, 7) is 0. The topological polar surface area (TPSA) is 45.8 Å². The fraction of sp³-hybridized carbons (Fsp3) is 0.286. The molecule has 0 saturated heterocycles. The lowest BCUT2D eigenvalue weighted by atomic mass is 10.1. The molecule has 1 aromatic carbocycles. The first-order chi connectivity index (χ1) is 8.74. The maximum absolute atomic E-state index is 11.9. The van der Waals surface area contributed by atoms with Crippen molar-refractivity contribution >= 4 is 22.6 Å². The highest BCUT2D eigenvalue weighted by Gasteiger charge is 2.23. The van der Waals surface area contributed by atoms with Gasteiger partial charge in [0.1, 0.15) is 9.39 Å². The summed E-state index contributed by atoms with van der Waals surface area (Å²) in [5.74, 6) is 1.54. The Morgan fingerprint density at radius 1 is 1.28 bits per heavy atom. The summed E-state index contributed by atoms with van der Waals surface area (Å²) >= 11 is 2.07. The van der Waals surface area contributed by atoms with Crippen molar-refractivity contribution in [2.45, 2.75) is 19.3 Å². The van der Waals surface area contributed by atoms with E-state index in [1.54, 1.807) is 0 Å². The van der Waals surface area contributed by atoms with Crippen LogP contribution in [0.3, 0.4) is 0 Å². The molecular weight excluding hydrogens is 339 g/mol. The summed E-state index contributed by atoms with van der Waals surface area (Å²) in [5, 5.41) is 0. The Morgan fingerprint density at radius 2 is 2.00 bits per heavy atom. The van der Waals surface area contributed by atoms with Gasteiger partial charge in [0.15, 0.2) is 0 Å². The zero-order valence-corrected chi connectivity index (χ0v) is 12.0. The van der Waals surface area contributed by atoms with E-state index in [-0.39, 0.29) is 5.56 Å². The van der Waals surface area contributed by atoms with E-state index in [4.69, 9.17) is 0 Å². The van der Waals surface area contributed by atoms with E-state index >= 15 is 0 Å². The predicted octanol–water partition coefficient (Wildman–Crippen LogP) is 2.99. The van der Waals surface area contributed by atoms with E-state index in [0.717, 1.165) is 29.4 Å². The van der Waals surface area contributed by atoms with Crippen LogP contribution in [0.25, 0.3) is 11.3 Å². The molecule has 1 aliphatic carbocycles. The smallest absolute Gasteiger partial charge is 0.264 e. The minimum atomic E-state index is -0.0277. The Hall–Kier alpha value is -1.17. The Bertz CT molecular complexity index is 617. The number of hydrogen-bond acceptors (Lipinski definition) is 2. The van der Waals surface area contributed by atoms with Crippen molar-refractivity contribution < 1.29 is 0 Å². The van der Waals surface area contributed by atoms with Gasteiger partial charge in [0.2, 0.25) is 0 Å². The highest BCUT2D eigenvalue weighted by molar-refractivity contribution is 14.1. The molecule has 3 nitrogen and oxygen atoms in total. The molecule has 4 heteroatoms. The molecule has 18 heavy (non-hydrogen) atoms. The summed E-state index contributed by atoms with van der Waals surface area (Å²) in [6, 6.07) is 9.88. The number of aromatic nitrogens is 2. The van der Waals surface area contributed by atoms with Gasteiger partial charge in [0, 0.05) is 12.0 Å². The van der Waals surface area contributed by atoms with Crippen LogP contribution in [-0.4, -0.2) is 9.97 Å². The van der Waals surface area contributed by atoms with Gasteiger partial charge in [-0.05, 0) is 41.4 Å². The largest absolute Gasteiger partial charge is 0.310 e. The lowest BCUT2D eigenvalue weighted by Gasteiger charge is -2.06. The molecule has 0 spiro atoms. The fourth-order valence-electron chi connectivity index (χ4n) is 1.98. The van der Waals surface area contributed by atoms with Gasteiger partial charge in [-0.3, -0.25) is 4.79 Å². The second-order valence-corrected chi connectivity index (χ2v) is 5.77. The van der Waals surface area contributed by atoms with Crippen molar-refractivity contribution in [2.24, 2.45) is 5.92 Å². The first-order valence-electron chi connectivity index (χ1n) is 6.08. The summed E-state index contributed by atoms with van der Waals surface area (Å²) < 4.78 is 0.665. The second kappa shape index (κ2) is 4.84. The van der Waals surface area contributed by atoms with Gasteiger partial charge in [-0.2, -0.15) is 0 Å². The van der Waals surface area contributed by atoms with Crippen LogP contribution in [0.15, 0.2) is 35.1 Å². The summed E-state index contributed by atoms with van der Waals surface area (Å²) in [7, 11) is 0. The molecule has 0 unspecified atom stereocenters. The molecule has 0 atom stereocenters. The van der Waals surface area contributed by atoms with Crippen molar-refractivity contribution in [1.82, 2.24) is 9.97 Å². The zero-order valence-electron chi connectivity index (χ0n) is 9.82. The summed E-state index contributed by atoms with van der Waals surface area (Å²) in [4.78, 5) is 19.4. The average molecular weight is 352 g/mol. The van der Waals surface area contributed by atoms with Crippen LogP contribution in [-0.2, 0) is 6.42 Å². The van der Waals surface area contributed by atoms with E-state index in [2.05, 4.69) is 32.6 Å². The van der Waals surface area contributed by atoms with Crippen molar-refractivity contribution in [3.8, 4) is 11.3 Å². The monoisotopic (exact) mass is 352 g/mol. The number of halogens is 1. The van der Waals surface area contributed by atoms with Gasteiger partial charge in [-0.25, -0.2) is 4.98 Å². The van der Waals surface area contributed by atoms with Crippen LogP contribution in [0, 0.1) is 9.49 Å². The molecule has 1 aromatic heterocycles. The van der Waals surface area contributed by atoms with E-state index in [1.165, 1.54) is 12.8 Å². The van der Waals surface area contributed by atoms with Gasteiger partial charge < -0.3 is 4.98 Å². The SMILES string of the molecule is O=c1[nH]c(CC2CC2)nc(-c2ccccc2)c1I. The molecule has 1 N–H and O–H groups in total. The number of rotatable bonds is 3. The number of aromatic amines is 1. The number of nitrogens with zero attached hydrogens (tertiary/aromatic N) is 1. The normalized spacial score (nSPS) is 14.7. The number of H-pyrrole nitrogens is 1. The Morgan fingerprint density at radius 3 is 2.67 bits per heavy atom. The van der Waals surface area contributed by atoms with Gasteiger partial charge >= 0.3 is 0 Å². The highest BCUT2D eigenvalue weighted by Crippen LogP contribution is 2.32. The Kier molecular flexibility index (Phi) is 3.20. The Balaban J connectivity index is 2.06. The molecule has 1 heterocycles. The van der Waals surface area contributed by atoms with Gasteiger partial charge in [-0.1, -0.05) is 30.3 Å². The van der Waals surface area contributed by atoms with E-state index in [1.807, 2.05) is 30.3 Å². The Labute approximate surface area is 119 Å². The lowest BCUT2D eigenvalue weighted by molar-refractivity contribution is 0.763. The standard InChI is InChI=1S/C14H13IN2O/c15-12-13(10-4-2-1-3-5-10)16-11(17-14(12)18)8-9-6-7-9/h1-5,9H,6-8H2,(H,16,17,18). The summed E-state index contributed by atoms with van der Waals surface area (Å²) in [5.41, 5.74) is 1.78. The molecule has 1 saturated carbocycles. The summed E-state index contributed by atoms with van der Waals surface area (Å²) in [6.07, 6.45) is 3.42. The fourth-order valence-corrected chi connectivity index (χ4v) is 2.55. The maximum Gasteiger partial charge on any atom is 0.264 e. The van der Waals surface area contributed by atoms with Crippen LogP contribution >= 0.6 is 22.6 Å². The van der Waals surface area contributed by atoms with Crippen molar-refractivity contribution in [1.29, 1.82) is 0 Å². The molecule has 92 valence electrons. The van der Waals surface area contributed by atoms with Crippen molar-refractivity contribution in [3.63, 3.8) is 0 Å². The quantitative estimate of drug-likeness (QED) is 0.864. The molecular formula is C14H13IN2O. The third-order valence-corrected chi connectivity index (χ3v) is 4.14. The highest BCUT2D eigenvalue weighted by atomic mass is 127. The molecule has 1 aliphatic rings. The average Bonchev–Trinajstić information content (AvgIpc) is 3.18. The molecule has 3 rings (SSSR count).